The highest BCUT2D eigenvalue weighted by Crippen LogP contribution is 2.27. The molecule has 0 saturated heterocycles. The molecule has 0 spiro atoms. The van der Waals surface area contributed by atoms with Crippen LogP contribution in [0.5, 0.6) is 0 Å². The Morgan fingerprint density at radius 2 is 2.24 bits per heavy atom. The fourth-order valence-corrected chi connectivity index (χ4v) is 2.44. The van der Waals surface area contributed by atoms with E-state index in [-0.39, 0.29) is 0 Å². The molecule has 2 rings (SSSR count). The number of primary amides is 1. The van der Waals surface area contributed by atoms with Gasteiger partial charge in [-0.15, -0.1) is 0 Å². The van der Waals surface area contributed by atoms with Crippen molar-refractivity contribution in [3.63, 3.8) is 0 Å². The number of aromatic nitrogens is 1. The minimum Gasteiger partial charge on any atom is -0.369 e. The van der Waals surface area contributed by atoms with E-state index >= 15 is 0 Å². The lowest BCUT2D eigenvalue weighted by atomic mass is 10.0. The summed E-state index contributed by atoms with van der Waals surface area (Å²) in [4.78, 5) is 15.3. The van der Waals surface area contributed by atoms with Crippen LogP contribution in [-0.4, -0.2) is 17.4 Å². The Kier molecular flexibility index (Phi) is 3.96. The Bertz CT molecular complexity index is 386. The lowest BCUT2D eigenvalue weighted by molar-refractivity contribution is 0.100. The molecule has 4 nitrogen and oxygen atoms in total. The second kappa shape index (κ2) is 5.66. The van der Waals surface area contributed by atoms with E-state index in [2.05, 4.69) is 10.3 Å². The summed E-state index contributed by atoms with van der Waals surface area (Å²) in [5.41, 5.74) is 5.76. The number of anilines is 1. The maximum atomic E-state index is 11.2. The van der Waals surface area contributed by atoms with E-state index in [1.807, 2.05) is 0 Å². The molecule has 1 aromatic rings. The SMILES string of the molecule is NC(=O)c1cccnc1NCCC1CCCC1. The van der Waals surface area contributed by atoms with Crippen molar-refractivity contribution in [2.45, 2.75) is 32.1 Å². The Labute approximate surface area is 102 Å². The third-order valence-electron chi connectivity index (χ3n) is 3.39. The molecule has 1 fully saturated rings. The van der Waals surface area contributed by atoms with E-state index in [4.69, 9.17) is 5.73 Å². The normalized spacial score (nSPS) is 16.0. The van der Waals surface area contributed by atoms with Crippen molar-refractivity contribution >= 4 is 11.7 Å². The number of carbonyl (C=O) groups is 1. The zero-order valence-electron chi connectivity index (χ0n) is 9.98. The van der Waals surface area contributed by atoms with E-state index in [9.17, 15) is 4.79 Å². The van der Waals surface area contributed by atoms with Crippen LogP contribution in [0.15, 0.2) is 18.3 Å². The molecule has 0 aromatic carbocycles. The molecule has 0 radical (unpaired) electrons. The first-order valence-electron chi connectivity index (χ1n) is 6.26. The summed E-state index contributed by atoms with van der Waals surface area (Å²) in [6.07, 6.45) is 8.22. The number of amides is 1. The first kappa shape index (κ1) is 11.9. The second-order valence-electron chi connectivity index (χ2n) is 4.63. The summed E-state index contributed by atoms with van der Waals surface area (Å²) in [7, 11) is 0. The Morgan fingerprint density at radius 3 is 2.94 bits per heavy atom. The van der Waals surface area contributed by atoms with Gasteiger partial charge < -0.3 is 11.1 Å². The summed E-state index contributed by atoms with van der Waals surface area (Å²) in [6.45, 7) is 0.863. The van der Waals surface area contributed by atoms with Crippen molar-refractivity contribution in [1.82, 2.24) is 4.98 Å². The largest absolute Gasteiger partial charge is 0.369 e. The number of nitrogens with two attached hydrogens (primary N) is 1. The van der Waals surface area contributed by atoms with Crippen molar-refractivity contribution in [2.24, 2.45) is 11.7 Å². The zero-order valence-corrected chi connectivity index (χ0v) is 9.98. The molecule has 1 heterocycles. The predicted octanol–water partition coefficient (Wildman–Crippen LogP) is 2.17. The molecule has 0 atom stereocenters. The number of nitrogens with one attached hydrogen (secondary N) is 1. The minimum absolute atomic E-state index is 0.429. The van der Waals surface area contributed by atoms with E-state index in [0.717, 1.165) is 18.9 Å². The number of carbonyl (C=O) groups excluding carboxylic acids is 1. The Morgan fingerprint density at radius 1 is 1.47 bits per heavy atom. The molecule has 0 aliphatic heterocycles. The lowest BCUT2D eigenvalue weighted by Gasteiger charge is -2.11. The van der Waals surface area contributed by atoms with Crippen molar-refractivity contribution in [2.75, 3.05) is 11.9 Å². The van der Waals surface area contributed by atoms with E-state index in [1.165, 1.54) is 25.7 Å². The number of nitrogens with zero attached hydrogens (tertiary/aromatic N) is 1. The van der Waals surface area contributed by atoms with Crippen molar-refractivity contribution in [3.05, 3.63) is 23.9 Å². The Hall–Kier alpha value is -1.58. The lowest BCUT2D eigenvalue weighted by Crippen LogP contribution is -2.16. The summed E-state index contributed by atoms with van der Waals surface area (Å²) < 4.78 is 0. The molecule has 1 aliphatic rings. The smallest absolute Gasteiger partial charge is 0.252 e. The molecule has 1 aromatic heterocycles. The van der Waals surface area contributed by atoms with Crippen LogP contribution in [0.25, 0.3) is 0 Å². The summed E-state index contributed by atoms with van der Waals surface area (Å²) in [5, 5.41) is 3.21. The van der Waals surface area contributed by atoms with E-state index in [1.54, 1.807) is 18.3 Å². The summed E-state index contributed by atoms with van der Waals surface area (Å²) >= 11 is 0. The van der Waals surface area contributed by atoms with Crippen LogP contribution >= 0.6 is 0 Å². The average Bonchev–Trinajstić information content (AvgIpc) is 2.82. The van der Waals surface area contributed by atoms with Crippen LogP contribution in [0.2, 0.25) is 0 Å². The summed E-state index contributed by atoms with van der Waals surface area (Å²) in [5.74, 6) is 1.02. The number of hydrogen-bond donors (Lipinski definition) is 2. The standard InChI is InChI=1S/C13H19N3O/c14-12(17)11-6-3-8-15-13(11)16-9-7-10-4-1-2-5-10/h3,6,8,10H,1-2,4-5,7,9H2,(H2,14,17)(H,15,16). The van der Waals surface area contributed by atoms with Gasteiger partial charge in [0.05, 0.1) is 5.56 Å². The molecule has 17 heavy (non-hydrogen) atoms. The molecule has 1 saturated carbocycles. The topological polar surface area (TPSA) is 68.0 Å². The highest BCUT2D eigenvalue weighted by Gasteiger charge is 2.15. The minimum atomic E-state index is -0.429. The third-order valence-corrected chi connectivity index (χ3v) is 3.39. The molecule has 0 bridgehead atoms. The van der Waals surface area contributed by atoms with Gasteiger partial charge in [0.15, 0.2) is 0 Å². The van der Waals surface area contributed by atoms with Gasteiger partial charge in [0.25, 0.3) is 5.91 Å². The van der Waals surface area contributed by atoms with Crippen LogP contribution in [-0.2, 0) is 0 Å². The maximum Gasteiger partial charge on any atom is 0.252 e. The van der Waals surface area contributed by atoms with Gasteiger partial charge in [0.2, 0.25) is 0 Å². The van der Waals surface area contributed by atoms with Gasteiger partial charge in [-0.05, 0) is 24.5 Å². The molecular formula is C13H19N3O. The van der Waals surface area contributed by atoms with Gasteiger partial charge >= 0.3 is 0 Å². The average molecular weight is 233 g/mol. The molecule has 1 aliphatic carbocycles. The second-order valence-corrected chi connectivity index (χ2v) is 4.63. The predicted molar refractivity (Wildman–Crippen MR) is 67.8 cm³/mol. The van der Waals surface area contributed by atoms with Crippen LogP contribution in [0, 0.1) is 5.92 Å². The quantitative estimate of drug-likeness (QED) is 0.819. The van der Waals surface area contributed by atoms with Gasteiger partial charge in [-0.2, -0.15) is 0 Å². The highest BCUT2D eigenvalue weighted by atomic mass is 16.1. The fourth-order valence-electron chi connectivity index (χ4n) is 2.44. The van der Waals surface area contributed by atoms with Gasteiger partial charge in [-0.1, -0.05) is 25.7 Å². The molecule has 3 N–H and O–H groups in total. The van der Waals surface area contributed by atoms with Crippen LogP contribution < -0.4 is 11.1 Å². The van der Waals surface area contributed by atoms with Gasteiger partial charge in [-0.25, -0.2) is 4.98 Å². The first-order valence-corrected chi connectivity index (χ1v) is 6.26. The zero-order chi connectivity index (χ0) is 12.1. The number of hydrogen-bond acceptors (Lipinski definition) is 3. The molecule has 0 unspecified atom stereocenters. The van der Waals surface area contributed by atoms with E-state index in [0.29, 0.717) is 11.4 Å². The number of rotatable bonds is 5. The van der Waals surface area contributed by atoms with Crippen molar-refractivity contribution in [3.8, 4) is 0 Å². The molecule has 4 heteroatoms. The van der Waals surface area contributed by atoms with Crippen LogP contribution in [0.3, 0.4) is 0 Å². The van der Waals surface area contributed by atoms with Gasteiger partial charge in [0.1, 0.15) is 5.82 Å². The molecular weight excluding hydrogens is 214 g/mol. The van der Waals surface area contributed by atoms with Crippen molar-refractivity contribution in [1.29, 1.82) is 0 Å². The van der Waals surface area contributed by atoms with E-state index < -0.39 is 5.91 Å². The van der Waals surface area contributed by atoms with Crippen molar-refractivity contribution < 1.29 is 4.79 Å². The van der Waals surface area contributed by atoms with Crippen LogP contribution in [0.4, 0.5) is 5.82 Å². The summed E-state index contributed by atoms with van der Waals surface area (Å²) in [6, 6.07) is 3.43. The van der Waals surface area contributed by atoms with Crippen LogP contribution in [0.1, 0.15) is 42.5 Å². The Balaban J connectivity index is 1.87. The fraction of sp³-hybridized carbons (Fsp3) is 0.538. The highest BCUT2D eigenvalue weighted by molar-refractivity contribution is 5.97. The van der Waals surface area contributed by atoms with Gasteiger partial charge in [0, 0.05) is 12.7 Å². The number of pyridine rings is 1. The van der Waals surface area contributed by atoms with Gasteiger partial charge in [-0.3, -0.25) is 4.79 Å². The molecule has 1 amide bonds. The first-order chi connectivity index (χ1) is 8.27. The monoisotopic (exact) mass is 233 g/mol. The third kappa shape index (κ3) is 3.19. The maximum absolute atomic E-state index is 11.2. The molecule has 92 valence electrons.